The molecule has 9 heteroatoms. The van der Waals surface area contributed by atoms with Crippen molar-refractivity contribution in [2.24, 2.45) is 0 Å². The van der Waals surface area contributed by atoms with Crippen LogP contribution < -0.4 is 9.62 Å². The summed E-state index contributed by atoms with van der Waals surface area (Å²) < 4.78 is 40.8. The van der Waals surface area contributed by atoms with Crippen molar-refractivity contribution in [3.05, 3.63) is 46.9 Å². The van der Waals surface area contributed by atoms with Gasteiger partial charge in [0.1, 0.15) is 17.4 Å². The number of rotatable bonds is 6. The fourth-order valence-electron chi connectivity index (χ4n) is 3.61. The van der Waals surface area contributed by atoms with Crippen LogP contribution in [-0.4, -0.2) is 37.7 Å². The van der Waals surface area contributed by atoms with E-state index in [0.717, 1.165) is 29.8 Å². The highest BCUT2D eigenvalue weighted by atomic mass is 32.2. The third-order valence-electron chi connectivity index (χ3n) is 5.18. The molecule has 1 aromatic heterocycles. The second-order valence-electron chi connectivity index (χ2n) is 6.98. The van der Waals surface area contributed by atoms with Gasteiger partial charge in [-0.15, -0.1) is 5.10 Å². The number of nitriles is 1. The Morgan fingerprint density at radius 2 is 1.83 bits per heavy atom. The first-order valence-corrected chi connectivity index (χ1v) is 11.2. The molecule has 0 atom stereocenters. The van der Waals surface area contributed by atoms with E-state index in [1.807, 2.05) is 18.7 Å². The van der Waals surface area contributed by atoms with Gasteiger partial charge in [-0.2, -0.15) is 10.4 Å². The van der Waals surface area contributed by atoms with Gasteiger partial charge in [0.2, 0.25) is 10.0 Å². The van der Waals surface area contributed by atoms with Crippen LogP contribution in [0.25, 0.3) is 0 Å². The third-order valence-corrected chi connectivity index (χ3v) is 6.72. The zero-order valence-corrected chi connectivity index (χ0v) is 17.3. The molecule has 0 aliphatic carbocycles. The average Bonchev–Trinajstić information content (AvgIpc) is 2.73. The lowest BCUT2D eigenvalue weighted by Crippen LogP contribution is -2.45. The molecule has 1 N–H and O–H groups in total. The lowest BCUT2D eigenvalue weighted by Gasteiger charge is -2.33. The van der Waals surface area contributed by atoms with E-state index in [4.69, 9.17) is 0 Å². The number of nitrogens with one attached hydrogen (secondary N) is 1. The Hall–Kier alpha value is -2.57. The molecule has 29 heavy (non-hydrogen) atoms. The Balaban J connectivity index is 1.71. The quantitative estimate of drug-likeness (QED) is 0.776. The molecule has 1 fully saturated rings. The molecule has 1 aliphatic heterocycles. The normalized spacial score (nSPS) is 15.3. The third kappa shape index (κ3) is 4.54. The molecule has 2 heterocycles. The molecule has 2 aromatic rings. The second-order valence-corrected chi connectivity index (χ2v) is 8.69. The Kier molecular flexibility index (Phi) is 6.45. The number of hydrogen-bond donors (Lipinski definition) is 1. The van der Waals surface area contributed by atoms with E-state index < -0.39 is 15.8 Å². The summed E-state index contributed by atoms with van der Waals surface area (Å²) in [7, 11) is -3.71. The number of benzene rings is 1. The minimum absolute atomic E-state index is 0.0432. The first-order chi connectivity index (χ1) is 13.9. The number of nitrogens with zero attached hydrogens (tertiary/aromatic N) is 4. The Morgan fingerprint density at radius 1 is 1.17 bits per heavy atom. The fraction of sp³-hybridized carbons (Fsp3) is 0.450. The Bertz CT molecular complexity index is 1010. The van der Waals surface area contributed by atoms with Gasteiger partial charge in [0, 0.05) is 19.1 Å². The highest BCUT2D eigenvalue weighted by molar-refractivity contribution is 7.89. The largest absolute Gasteiger partial charge is 0.354 e. The van der Waals surface area contributed by atoms with E-state index in [-0.39, 0.29) is 10.9 Å². The van der Waals surface area contributed by atoms with Crippen molar-refractivity contribution in [2.45, 2.75) is 50.5 Å². The van der Waals surface area contributed by atoms with Gasteiger partial charge in [0.15, 0.2) is 5.82 Å². The topological polar surface area (TPSA) is 99.0 Å². The van der Waals surface area contributed by atoms with Crippen molar-refractivity contribution in [2.75, 3.05) is 18.0 Å². The van der Waals surface area contributed by atoms with Crippen molar-refractivity contribution in [1.29, 1.82) is 5.26 Å². The summed E-state index contributed by atoms with van der Waals surface area (Å²) in [6.07, 6.45) is 2.58. The molecule has 0 unspecified atom stereocenters. The first kappa shape index (κ1) is 21.1. The SMILES string of the molecule is CCc1nnc(N2CCC(NS(=O)(=O)c3ccc(F)cc3)CC2)c(C#N)c1CC. The number of hydrogen-bond acceptors (Lipinski definition) is 6. The summed E-state index contributed by atoms with van der Waals surface area (Å²) in [5.74, 6) is 0.0913. The minimum Gasteiger partial charge on any atom is -0.354 e. The maximum atomic E-state index is 13.0. The van der Waals surface area contributed by atoms with E-state index in [1.54, 1.807) is 0 Å². The van der Waals surface area contributed by atoms with Crippen molar-refractivity contribution in [3.63, 3.8) is 0 Å². The zero-order chi connectivity index (χ0) is 21.0. The van der Waals surface area contributed by atoms with Crippen LogP contribution in [0.15, 0.2) is 29.2 Å². The molecule has 1 saturated heterocycles. The number of sulfonamides is 1. The van der Waals surface area contributed by atoms with Crippen molar-refractivity contribution in [3.8, 4) is 6.07 Å². The maximum absolute atomic E-state index is 13.0. The Morgan fingerprint density at radius 3 is 2.38 bits per heavy atom. The van der Waals surface area contributed by atoms with E-state index in [2.05, 4.69) is 21.0 Å². The molecule has 0 radical (unpaired) electrons. The minimum atomic E-state index is -3.71. The molecule has 3 rings (SSSR count). The van der Waals surface area contributed by atoms with Crippen LogP contribution in [0.2, 0.25) is 0 Å². The number of anilines is 1. The van der Waals surface area contributed by atoms with Crippen LogP contribution in [0.3, 0.4) is 0 Å². The molecule has 154 valence electrons. The van der Waals surface area contributed by atoms with Crippen LogP contribution in [0.5, 0.6) is 0 Å². The first-order valence-electron chi connectivity index (χ1n) is 9.71. The lowest BCUT2D eigenvalue weighted by atomic mass is 10.0. The van der Waals surface area contributed by atoms with Gasteiger partial charge < -0.3 is 4.90 Å². The zero-order valence-electron chi connectivity index (χ0n) is 16.5. The van der Waals surface area contributed by atoms with Gasteiger partial charge in [-0.1, -0.05) is 13.8 Å². The maximum Gasteiger partial charge on any atom is 0.240 e. The van der Waals surface area contributed by atoms with Gasteiger partial charge in [-0.25, -0.2) is 17.5 Å². The number of halogens is 1. The van der Waals surface area contributed by atoms with Gasteiger partial charge in [0.25, 0.3) is 0 Å². The van der Waals surface area contributed by atoms with Crippen molar-refractivity contribution >= 4 is 15.8 Å². The van der Waals surface area contributed by atoms with Gasteiger partial charge in [-0.05, 0) is 55.5 Å². The summed E-state index contributed by atoms with van der Waals surface area (Å²) in [6, 6.07) is 6.81. The average molecular weight is 418 g/mol. The highest BCUT2D eigenvalue weighted by Crippen LogP contribution is 2.26. The fourth-order valence-corrected chi connectivity index (χ4v) is 4.92. The van der Waals surface area contributed by atoms with Crippen LogP contribution in [0.1, 0.15) is 43.5 Å². The van der Waals surface area contributed by atoms with Gasteiger partial charge in [-0.3, -0.25) is 0 Å². The van der Waals surface area contributed by atoms with E-state index in [0.29, 0.717) is 43.7 Å². The van der Waals surface area contributed by atoms with E-state index >= 15 is 0 Å². The highest BCUT2D eigenvalue weighted by Gasteiger charge is 2.27. The monoisotopic (exact) mass is 417 g/mol. The molecular formula is C20H24FN5O2S. The van der Waals surface area contributed by atoms with E-state index in [1.165, 1.54) is 12.1 Å². The number of aryl methyl sites for hydroxylation is 1. The van der Waals surface area contributed by atoms with Crippen LogP contribution in [0, 0.1) is 17.1 Å². The van der Waals surface area contributed by atoms with Crippen LogP contribution in [-0.2, 0) is 22.9 Å². The second kappa shape index (κ2) is 8.84. The summed E-state index contributed by atoms with van der Waals surface area (Å²) >= 11 is 0. The predicted molar refractivity (Wildman–Crippen MR) is 107 cm³/mol. The molecule has 1 aliphatic rings. The van der Waals surface area contributed by atoms with E-state index in [9.17, 15) is 18.1 Å². The molecule has 0 spiro atoms. The standard InChI is InChI=1S/C20H24FN5O2S/c1-3-17-18(13-22)20(24-23-19(17)4-2)26-11-9-15(10-12-26)25-29(27,28)16-7-5-14(21)6-8-16/h5-8,15,25H,3-4,9-12H2,1-2H3. The smallest absolute Gasteiger partial charge is 0.240 e. The summed E-state index contributed by atoms with van der Waals surface area (Å²) in [6.45, 7) is 5.11. The number of piperidine rings is 1. The molecule has 0 saturated carbocycles. The van der Waals surface area contributed by atoms with Gasteiger partial charge in [0.05, 0.1) is 10.6 Å². The van der Waals surface area contributed by atoms with Crippen molar-refractivity contribution in [1.82, 2.24) is 14.9 Å². The summed E-state index contributed by atoms with van der Waals surface area (Å²) in [5.41, 5.74) is 2.33. The summed E-state index contributed by atoms with van der Waals surface area (Å²) in [4.78, 5) is 2.04. The summed E-state index contributed by atoms with van der Waals surface area (Å²) in [5, 5.41) is 18.2. The van der Waals surface area contributed by atoms with Crippen molar-refractivity contribution < 1.29 is 12.8 Å². The molecule has 1 aromatic carbocycles. The number of aromatic nitrogens is 2. The van der Waals surface area contributed by atoms with Crippen LogP contribution >= 0.6 is 0 Å². The molecule has 0 bridgehead atoms. The lowest BCUT2D eigenvalue weighted by molar-refractivity contribution is 0.457. The Labute approximate surface area is 170 Å². The molecular weight excluding hydrogens is 393 g/mol. The van der Waals surface area contributed by atoms with Gasteiger partial charge >= 0.3 is 0 Å². The molecule has 0 amide bonds. The van der Waals surface area contributed by atoms with Crippen LogP contribution in [0.4, 0.5) is 10.2 Å². The molecule has 7 nitrogen and oxygen atoms in total. The predicted octanol–water partition coefficient (Wildman–Crippen LogP) is 2.56.